The number of nitrogens with zero attached hydrogens (tertiary/aromatic N) is 6. The van der Waals surface area contributed by atoms with E-state index >= 15 is 0 Å². The van der Waals surface area contributed by atoms with E-state index in [1.807, 2.05) is 12.1 Å². The predicted molar refractivity (Wildman–Crippen MR) is 139 cm³/mol. The zero-order valence-corrected chi connectivity index (χ0v) is 22.4. The lowest BCUT2D eigenvalue weighted by atomic mass is 10.3. The smallest absolute Gasteiger partial charge is 0.282 e. The van der Waals surface area contributed by atoms with Gasteiger partial charge >= 0.3 is 0 Å². The minimum absolute atomic E-state index is 0. The molecule has 0 amide bonds. The Balaban J connectivity index is 0.00000361. The molecular formula is C21H24BrClN6O6S. The highest BCUT2D eigenvalue weighted by molar-refractivity contribution is 9.10. The second kappa shape index (κ2) is 12.0. The van der Waals surface area contributed by atoms with E-state index in [0.29, 0.717) is 25.3 Å². The quantitative estimate of drug-likeness (QED) is 0.207. The lowest BCUT2D eigenvalue weighted by molar-refractivity contribution is -0.385. The SMILES string of the molecule is CN(N=Cc1cnn2ccc(Br)cc12)S(=O)(=O)c1cc([N+](=O)[O-])ccc1OCCN1CCOCC1.Cl. The molecule has 3 heterocycles. The molecule has 1 aromatic carbocycles. The zero-order chi connectivity index (χ0) is 25.0. The topological polar surface area (TPSA) is 132 Å². The number of rotatable bonds is 9. The minimum atomic E-state index is -4.26. The fraction of sp³-hybridized carbons (Fsp3) is 0.333. The average Bonchev–Trinajstić information content (AvgIpc) is 3.25. The number of hydrogen-bond acceptors (Lipinski definition) is 9. The van der Waals surface area contributed by atoms with Crippen LogP contribution in [0.25, 0.3) is 5.52 Å². The van der Waals surface area contributed by atoms with Crippen LogP contribution in [0.3, 0.4) is 0 Å². The van der Waals surface area contributed by atoms with Crippen LogP contribution < -0.4 is 4.74 Å². The summed E-state index contributed by atoms with van der Waals surface area (Å²) in [5, 5.41) is 19.6. The van der Waals surface area contributed by atoms with Gasteiger partial charge in [-0.3, -0.25) is 15.0 Å². The van der Waals surface area contributed by atoms with Crippen molar-refractivity contribution in [2.24, 2.45) is 5.10 Å². The molecule has 1 aliphatic heterocycles. The molecule has 0 atom stereocenters. The van der Waals surface area contributed by atoms with Gasteiger partial charge in [0.2, 0.25) is 0 Å². The van der Waals surface area contributed by atoms with Crippen LogP contribution >= 0.6 is 28.3 Å². The Kier molecular flexibility index (Phi) is 9.24. The van der Waals surface area contributed by atoms with Gasteiger partial charge in [0.25, 0.3) is 15.7 Å². The number of nitro groups is 1. The van der Waals surface area contributed by atoms with Gasteiger partial charge in [-0.15, -0.1) is 12.4 Å². The first-order valence-electron chi connectivity index (χ1n) is 10.6. The number of hydrogen-bond donors (Lipinski definition) is 0. The van der Waals surface area contributed by atoms with Gasteiger partial charge in [0.15, 0.2) is 0 Å². The van der Waals surface area contributed by atoms with Gasteiger partial charge in [-0.25, -0.2) is 4.52 Å². The third-order valence-corrected chi connectivity index (χ3v) is 7.56. The van der Waals surface area contributed by atoms with Crippen molar-refractivity contribution in [3.8, 4) is 5.75 Å². The van der Waals surface area contributed by atoms with E-state index in [9.17, 15) is 18.5 Å². The highest BCUT2D eigenvalue weighted by atomic mass is 79.9. The van der Waals surface area contributed by atoms with Crippen molar-refractivity contribution in [1.29, 1.82) is 0 Å². The zero-order valence-electron chi connectivity index (χ0n) is 19.2. The standard InChI is InChI=1S/C21H23BrN6O6S.ClH/c1-25(23-14-16-15-24-27-5-4-17(22)12-19(16)27)35(31,32)21-13-18(28(29)30)2-3-20(21)34-11-8-26-6-9-33-10-7-26;/h2-5,12-15H,6-11H2,1H3;1H. The van der Waals surface area contributed by atoms with E-state index < -0.39 is 14.9 Å². The van der Waals surface area contributed by atoms with Crippen molar-refractivity contribution in [1.82, 2.24) is 18.9 Å². The van der Waals surface area contributed by atoms with Crippen molar-refractivity contribution in [2.75, 3.05) is 46.5 Å². The highest BCUT2D eigenvalue weighted by Gasteiger charge is 2.27. The lowest BCUT2D eigenvalue weighted by Gasteiger charge is -2.26. The molecule has 0 N–H and O–H groups in total. The average molecular weight is 604 g/mol. The molecule has 0 aliphatic carbocycles. The van der Waals surface area contributed by atoms with Crippen LogP contribution in [0.1, 0.15) is 5.56 Å². The molecule has 1 aliphatic rings. The molecule has 0 spiro atoms. The van der Waals surface area contributed by atoms with Gasteiger partial charge in [-0.2, -0.15) is 23.0 Å². The Morgan fingerprint density at radius 1 is 1.31 bits per heavy atom. The summed E-state index contributed by atoms with van der Waals surface area (Å²) >= 11 is 3.40. The van der Waals surface area contributed by atoms with Gasteiger partial charge in [-0.1, -0.05) is 15.9 Å². The minimum Gasteiger partial charge on any atom is -0.491 e. The van der Waals surface area contributed by atoms with E-state index in [1.165, 1.54) is 25.4 Å². The number of sulfonamides is 1. The number of ether oxygens (including phenoxy) is 2. The first-order chi connectivity index (χ1) is 16.8. The molecule has 12 nitrogen and oxygen atoms in total. The molecule has 15 heteroatoms. The van der Waals surface area contributed by atoms with Crippen molar-refractivity contribution in [2.45, 2.75) is 4.90 Å². The number of aromatic nitrogens is 2. The maximum Gasteiger partial charge on any atom is 0.282 e. The lowest BCUT2D eigenvalue weighted by Crippen LogP contribution is -2.38. The van der Waals surface area contributed by atoms with Crippen LogP contribution in [0.2, 0.25) is 0 Å². The maximum absolute atomic E-state index is 13.3. The third kappa shape index (κ3) is 6.31. The van der Waals surface area contributed by atoms with Crippen LogP contribution in [0, 0.1) is 10.1 Å². The first kappa shape index (κ1) is 27.8. The summed E-state index contributed by atoms with van der Waals surface area (Å²) < 4.78 is 40.9. The van der Waals surface area contributed by atoms with Crippen LogP contribution in [-0.4, -0.2) is 85.0 Å². The monoisotopic (exact) mass is 602 g/mol. The van der Waals surface area contributed by atoms with Gasteiger partial charge in [-0.05, 0) is 18.2 Å². The Hall–Kier alpha value is -2.78. The van der Waals surface area contributed by atoms with E-state index in [4.69, 9.17) is 9.47 Å². The molecule has 0 bridgehead atoms. The van der Waals surface area contributed by atoms with E-state index in [-0.39, 0.29) is 35.3 Å². The molecule has 1 fully saturated rings. The molecule has 194 valence electrons. The molecule has 4 rings (SSSR count). The molecular weight excluding hydrogens is 580 g/mol. The molecule has 0 unspecified atom stereocenters. The largest absolute Gasteiger partial charge is 0.491 e. The van der Waals surface area contributed by atoms with Crippen LogP contribution in [-0.2, 0) is 14.8 Å². The number of non-ortho nitro benzene ring substituents is 1. The number of nitro benzene ring substituents is 1. The van der Waals surface area contributed by atoms with Crippen LogP contribution in [0.15, 0.2) is 57.2 Å². The van der Waals surface area contributed by atoms with Crippen molar-refractivity contribution in [3.05, 3.63) is 62.9 Å². The molecule has 0 saturated carbocycles. The fourth-order valence-corrected chi connectivity index (χ4v) is 4.90. The normalized spacial score (nSPS) is 14.6. The molecule has 3 aromatic rings. The predicted octanol–water partition coefficient (Wildman–Crippen LogP) is 2.79. The van der Waals surface area contributed by atoms with Gasteiger partial charge in [0.1, 0.15) is 17.3 Å². The number of pyridine rings is 1. The number of halogens is 2. The Morgan fingerprint density at radius 2 is 2.06 bits per heavy atom. The second-order valence-electron chi connectivity index (χ2n) is 7.65. The summed E-state index contributed by atoms with van der Waals surface area (Å²) in [5.74, 6) is 0.0193. The molecule has 1 saturated heterocycles. The van der Waals surface area contributed by atoms with E-state index in [1.54, 1.807) is 16.9 Å². The van der Waals surface area contributed by atoms with E-state index in [0.717, 1.165) is 33.6 Å². The maximum atomic E-state index is 13.3. The number of fused-ring (bicyclic) bond motifs is 1. The summed E-state index contributed by atoms with van der Waals surface area (Å²) in [5.41, 5.74) is 0.944. The van der Waals surface area contributed by atoms with Gasteiger partial charge in [0.05, 0.1) is 36.1 Å². The number of benzene rings is 1. The highest BCUT2D eigenvalue weighted by Crippen LogP contribution is 2.30. The summed E-state index contributed by atoms with van der Waals surface area (Å²) in [6.45, 7) is 3.55. The summed E-state index contributed by atoms with van der Waals surface area (Å²) in [6.07, 6.45) is 4.67. The Labute approximate surface area is 222 Å². The second-order valence-corrected chi connectivity index (χ2v) is 10.5. The summed E-state index contributed by atoms with van der Waals surface area (Å²) in [6, 6.07) is 7.13. The molecule has 36 heavy (non-hydrogen) atoms. The van der Waals surface area contributed by atoms with Gasteiger partial charge < -0.3 is 9.47 Å². The van der Waals surface area contributed by atoms with Crippen molar-refractivity contribution in [3.63, 3.8) is 0 Å². The van der Waals surface area contributed by atoms with E-state index in [2.05, 4.69) is 31.0 Å². The summed E-state index contributed by atoms with van der Waals surface area (Å²) in [7, 11) is -3.01. The number of hydrazone groups is 1. The summed E-state index contributed by atoms with van der Waals surface area (Å²) in [4.78, 5) is 12.4. The third-order valence-electron chi connectivity index (χ3n) is 5.41. The molecule has 2 aromatic heterocycles. The van der Waals surface area contributed by atoms with Crippen molar-refractivity contribution < 1.29 is 22.8 Å². The Bertz CT molecular complexity index is 1360. The van der Waals surface area contributed by atoms with Gasteiger partial charge in [0, 0.05) is 55.0 Å². The van der Waals surface area contributed by atoms with Crippen molar-refractivity contribution >= 4 is 55.8 Å². The van der Waals surface area contributed by atoms with Crippen LogP contribution in [0.4, 0.5) is 5.69 Å². The van der Waals surface area contributed by atoms with Crippen LogP contribution in [0.5, 0.6) is 5.75 Å². The number of morpholine rings is 1. The fourth-order valence-electron chi connectivity index (χ4n) is 3.46. The Morgan fingerprint density at radius 3 is 2.78 bits per heavy atom. The molecule has 0 radical (unpaired) electrons. The first-order valence-corrected chi connectivity index (χ1v) is 12.9.